The molecule has 0 atom stereocenters. The Morgan fingerprint density at radius 1 is 1.08 bits per heavy atom. The Bertz CT molecular complexity index is 768. The average Bonchev–Trinajstić information content (AvgIpc) is 2.61. The van der Waals surface area contributed by atoms with Crippen molar-refractivity contribution in [1.29, 1.82) is 0 Å². The quantitative estimate of drug-likeness (QED) is 0.808. The summed E-state index contributed by atoms with van der Waals surface area (Å²) in [5.41, 5.74) is 1.30. The highest BCUT2D eigenvalue weighted by Crippen LogP contribution is 2.27. The SMILES string of the molecule is COc1ccc(Cl)cc1NC(=O)CN(C)CC(=O)N(C)c1ccccc1. The molecule has 0 aliphatic carbocycles. The van der Waals surface area contributed by atoms with E-state index < -0.39 is 0 Å². The molecule has 0 saturated carbocycles. The fraction of sp³-hybridized carbons (Fsp3) is 0.263. The first-order valence-electron chi connectivity index (χ1n) is 8.04. The van der Waals surface area contributed by atoms with Crippen molar-refractivity contribution in [1.82, 2.24) is 4.90 Å². The van der Waals surface area contributed by atoms with Gasteiger partial charge in [-0.15, -0.1) is 0 Å². The van der Waals surface area contributed by atoms with E-state index in [9.17, 15) is 9.59 Å². The van der Waals surface area contributed by atoms with E-state index in [1.54, 1.807) is 42.1 Å². The van der Waals surface area contributed by atoms with E-state index in [1.165, 1.54) is 7.11 Å². The van der Waals surface area contributed by atoms with Gasteiger partial charge in [-0.2, -0.15) is 0 Å². The molecular formula is C19H22ClN3O3. The number of anilines is 2. The summed E-state index contributed by atoms with van der Waals surface area (Å²) in [5, 5.41) is 3.25. The van der Waals surface area contributed by atoms with Crippen molar-refractivity contribution in [3.63, 3.8) is 0 Å². The highest BCUT2D eigenvalue weighted by atomic mass is 35.5. The smallest absolute Gasteiger partial charge is 0.240 e. The molecule has 2 aromatic rings. The van der Waals surface area contributed by atoms with Crippen molar-refractivity contribution in [2.24, 2.45) is 0 Å². The van der Waals surface area contributed by atoms with Crippen LogP contribution in [0.25, 0.3) is 0 Å². The van der Waals surface area contributed by atoms with Crippen LogP contribution in [-0.2, 0) is 9.59 Å². The Morgan fingerprint density at radius 2 is 1.77 bits per heavy atom. The third kappa shape index (κ3) is 5.47. The van der Waals surface area contributed by atoms with E-state index in [0.29, 0.717) is 16.5 Å². The molecule has 2 amide bonds. The molecular weight excluding hydrogens is 354 g/mol. The van der Waals surface area contributed by atoms with Gasteiger partial charge in [-0.25, -0.2) is 0 Å². The molecule has 2 rings (SSSR count). The molecule has 7 heteroatoms. The van der Waals surface area contributed by atoms with Crippen LogP contribution < -0.4 is 15.0 Å². The van der Waals surface area contributed by atoms with Crippen LogP contribution in [0.4, 0.5) is 11.4 Å². The van der Waals surface area contributed by atoms with Gasteiger partial charge in [0.1, 0.15) is 5.75 Å². The minimum absolute atomic E-state index is 0.0596. The standard InChI is InChI=1S/C19H22ClN3O3/c1-22(13-19(25)23(2)15-7-5-4-6-8-15)12-18(24)21-16-11-14(20)9-10-17(16)26-3/h4-11H,12-13H2,1-3H3,(H,21,24). The Morgan fingerprint density at radius 3 is 2.42 bits per heavy atom. The van der Waals surface area contributed by atoms with Crippen LogP contribution in [0.5, 0.6) is 5.75 Å². The number of rotatable bonds is 7. The maximum absolute atomic E-state index is 12.4. The molecule has 138 valence electrons. The monoisotopic (exact) mass is 375 g/mol. The molecule has 0 aliphatic rings. The number of methoxy groups -OCH3 is 1. The second kappa shape index (κ2) is 9.22. The fourth-order valence-corrected chi connectivity index (χ4v) is 2.57. The van der Waals surface area contributed by atoms with Gasteiger partial charge in [-0.05, 0) is 37.4 Å². The number of nitrogens with zero attached hydrogens (tertiary/aromatic N) is 2. The second-order valence-electron chi connectivity index (χ2n) is 5.85. The number of amides is 2. The largest absolute Gasteiger partial charge is 0.495 e. The molecule has 26 heavy (non-hydrogen) atoms. The number of hydrogen-bond acceptors (Lipinski definition) is 4. The molecule has 0 fully saturated rings. The number of ether oxygens (including phenoxy) is 1. The summed E-state index contributed by atoms with van der Waals surface area (Å²) >= 11 is 5.96. The van der Waals surface area contributed by atoms with Gasteiger partial charge in [-0.1, -0.05) is 29.8 Å². The van der Waals surface area contributed by atoms with E-state index in [1.807, 2.05) is 30.3 Å². The highest BCUT2D eigenvalue weighted by molar-refractivity contribution is 6.31. The number of halogens is 1. The Balaban J connectivity index is 1.91. The molecule has 2 aromatic carbocycles. The number of nitrogens with one attached hydrogen (secondary N) is 1. The summed E-state index contributed by atoms with van der Waals surface area (Å²) in [5.74, 6) is 0.153. The van der Waals surface area contributed by atoms with E-state index in [2.05, 4.69) is 5.32 Å². The highest BCUT2D eigenvalue weighted by Gasteiger charge is 2.16. The van der Waals surface area contributed by atoms with Gasteiger partial charge in [0.2, 0.25) is 11.8 Å². The van der Waals surface area contributed by atoms with Crippen molar-refractivity contribution in [3.05, 3.63) is 53.6 Å². The predicted molar refractivity (Wildman–Crippen MR) is 104 cm³/mol. The van der Waals surface area contributed by atoms with Gasteiger partial charge >= 0.3 is 0 Å². The minimum atomic E-state index is -0.261. The normalized spacial score (nSPS) is 10.5. The maximum Gasteiger partial charge on any atom is 0.240 e. The summed E-state index contributed by atoms with van der Waals surface area (Å²) in [4.78, 5) is 27.8. The average molecular weight is 376 g/mol. The van der Waals surface area contributed by atoms with E-state index in [0.717, 1.165) is 5.69 Å². The van der Waals surface area contributed by atoms with Crippen LogP contribution in [-0.4, -0.2) is 51.0 Å². The molecule has 0 aliphatic heterocycles. The molecule has 0 bridgehead atoms. The lowest BCUT2D eigenvalue weighted by Crippen LogP contribution is -2.39. The summed E-state index contributed by atoms with van der Waals surface area (Å²) in [6.07, 6.45) is 0. The lowest BCUT2D eigenvalue weighted by Gasteiger charge is -2.22. The number of carbonyl (C=O) groups is 2. The zero-order valence-electron chi connectivity index (χ0n) is 15.0. The maximum atomic E-state index is 12.4. The Hall–Kier alpha value is -2.57. The summed E-state index contributed by atoms with van der Waals surface area (Å²) < 4.78 is 5.20. The zero-order chi connectivity index (χ0) is 19.1. The number of benzene rings is 2. The first-order chi connectivity index (χ1) is 12.4. The summed E-state index contributed by atoms with van der Waals surface area (Å²) in [6, 6.07) is 14.3. The third-order valence-electron chi connectivity index (χ3n) is 3.77. The Kier molecular flexibility index (Phi) is 7.00. The topological polar surface area (TPSA) is 61.9 Å². The van der Waals surface area contributed by atoms with Gasteiger partial charge in [0.05, 0.1) is 25.9 Å². The first kappa shape index (κ1) is 19.8. The lowest BCUT2D eigenvalue weighted by molar-refractivity contribution is -0.120. The molecule has 1 N–H and O–H groups in total. The van der Waals surface area contributed by atoms with Gasteiger partial charge in [0, 0.05) is 17.8 Å². The van der Waals surface area contributed by atoms with Gasteiger partial charge in [0.15, 0.2) is 0 Å². The first-order valence-corrected chi connectivity index (χ1v) is 8.42. The molecule has 0 spiro atoms. The van der Waals surface area contributed by atoms with Crippen molar-refractivity contribution in [2.45, 2.75) is 0 Å². The number of para-hydroxylation sites is 1. The van der Waals surface area contributed by atoms with Gasteiger partial charge < -0.3 is 15.0 Å². The molecule has 0 radical (unpaired) electrons. The summed E-state index contributed by atoms with van der Waals surface area (Å²) in [7, 11) is 4.94. The van der Waals surface area contributed by atoms with Crippen LogP contribution in [0.1, 0.15) is 0 Å². The number of carbonyl (C=O) groups excluding carboxylic acids is 2. The van der Waals surface area contributed by atoms with Gasteiger partial charge in [0.25, 0.3) is 0 Å². The van der Waals surface area contributed by atoms with E-state index in [-0.39, 0.29) is 24.9 Å². The molecule has 0 unspecified atom stereocenters. The van der Waals surface area contributed by atoms with Crippen LogP contribution >= 0.6 is 11.6 Å². The van der Waals surface area contributed by atoms with Crippen LogP contribution in [0.2, 0.25) is 5.02 Å². The lowest BCUT2D eigenvalue weighted by atomic mass is 10.3. The molecule has 6 nitrogen and oxygen atoms in total. The molecule has 0 heterocycles. The second-order valence-corrected chi connectivity index (χ2v) is 6.29. The minimum Gasteiger partial charge on any atom is -0.495 e. The number of hydrogen-bond donors (Lipinski definition) is 1. The van der Waals surface area contributed by atoms with Crippen molar-refractivity contribution >= 4 is 34.8 Å². The Labute approximate surface area is 158 Å². The van der Waals surface area contributed by atoms with Crippen LogP contribution in [0.15, 0.2) is 48.5 Å². The van der Waals surface area contributed by atoms with E-state index >= 15 is 0 Å². The van der Waals surface area contributed by atoms with Crippen molar-refractivity contribution in [2.75, 3.05) is 44.5 Å². The number of likely N-dealkylation sites (N-methyl/N-ethyl adjacent to an activating group) is 2. The molecule has 0 aromatic heterocycles. The fourth-order valence-electron chi connectivity index (χ4n) is 2.40. The van der Waals surface area contributed by atoms with Gasteiger partial charge in [-0.3, -0.25) is 14.5 Å². The van der Waals surface area contributed by atoms with Crippen molar-refractivity contribution in [3.8, 4) is 5.75 Å². The predicted octanol–water partition coefficient (Wildman–Crippen LogP) is 2.88. The van der Waals surface area contributed by atoms with Crippen LogP contribution in [0.3, 0.4) is 0 Å². The zero-order valence-corrected chi connectivity index (χ0v) is 15.8. The van der Waals surface area contributed by atoms with Crippen LogP contribution in [0, 0.1) is 0 Å². The third-order valence-corrected chi connectivity index (χ3v) is 4.01. The van der Waals surface area contributed by atoms with E-state index in [4.69, 9.17) is 16.3 Å². The summed E-state index contributed by atoms with van der Waals surface area (Å²) in [6.45, 7) is 0.176. The van der Waals surface area contributed by atoms with Crippen molar-refractivity contribution < 1.29 is 14.3 Å². The molecule has 0 saturated heterocycles.